The molecule has 2 heterocycles. The first-order chi connectivity index (χ1) is 17.9. The molecule has 8 heteroatoms. The maximum Gasteiger partial charge on any atom is 0.258 e. The first kappa shape index (κ1) is 27.1. The second kappa shape index (κ2) is 12.5. The quantitative estimate of drug-likeness (QED) is 0.561. The predicted octanol–water partition coefficient (Wildman–Crippen LogP) is 3.95. The van der Waals surface area contributed by atoms with Crippen molar-refractivity contribution in [3.05, 3.63) is 53.9 Å². The molecule has 1 saturated carbocycles. The molecule has 4 rings (SSSR count). The highest BCUT2D eigenvalue weighted by atomic mass is 16.5. The van der Waals surface area contributed by atoms with Gasteiger partial charge in [0.15, 0.2) is 5.75 Å². The van der Waals surface area contributed by atoms with Gasteiger partial charge in [0.2, 0.25) is 5.91 Å². The van der Waals surface area contributed by atoms with Crippen molar-refractivity contribution in [3.8, 4) is 5.75 Å². The number of aromatic nitrogens is 1. The van der Waals surface area contributed by atoms with Crippen LogP contribution in [0.5, 0.6) is 5.75 Å². The molecule has 2 N–H and O–H groups in total. The first-order valence-electron chi connectivity index (χ1n) is 13.5. The number of aliphatic hydroxyl groups excluding tert-OH is 1. The highest BCUT2D eigenvalue weighted by molar-refractivity contribution is 6.02. The normalized spacial score (nSPS) is 21.5. The van der Waals surface area contributed by atoms with Gasteiger partial charge >= 0.3 is 0 Å². The summed E-state index contributed by atoms with van der Waals surface area (Å²) in [6.07, 6.45) is 8.43. The summed E-state index contributed by atoms with van der Waals surface area (Å²) in [4.78, 5) is 34.8. The Hall–Kier alpha value is -2.97. The second-order valence-corrected chi connectivity index (χ2v) is 10.7. The lowest BCUT2D eigenvalue weighted by Crippen LogP contribution is -2.49. The summed E-state index contributed by atoms with van der Waals surface area (Å²) in [6.45, 7) is 5.63. The average molecular weight is 509 g/mol. The number of carbonyl (C=O) groups is 2. The van der Waals surface area contributed by atoms with Crippen molar-refractivity contribution in [2.45, 2.75) is 64.6 Å². The summed E-state index contributed by atoms with van der Waals surface area (Å²) in [6, 6.07) is 9.01. The monoisotopic (exact) mass is 508 g/mol. The molecule has 1 fully saturated rings. The molecule has 2 aromatic rings. The number of nitrogens with one attached hydrogen (secondary N) is 1. The minimum absolute atomic E-state index is 0.00640. The zero-order valence-electron chi connectivity index (χ0n) is 22.2. The zero-order valence-corrected chi connectivity index (χ0v) is 22.2. The van der Waals surface area contributed by atoms with Crippen molar-refractivity contribution < 1.29 is 19.4 Å². The van der Waals surface area contributed by atoms with Gasteiger partial charge < -0.3 is 20.1 Å². The Bertz CT molecular complexity index is 1060. The van der Waals surface area contributed by atoms with Crippen LogP contribution >= 0.6 is 0 Å². The molecule has 3 atom stereocenters. The number of fused-ring (bicyclic) bond motifs is 1. The van der Waals surface area contributed by atoms with Gasteiger partial charge in [-0.1, -0.05) is 32.3 Å². The fraction of sp³-hybridized carbons (Fsp3) is 0.552. The van der Waals surface area contributed by atoms with E-state index < -0.39 is 0 Å². The van der Waals surface area contributed by atoms with Gasteiger partial charge in [-0.15, -0.1) is 0 Å². The van der Waals surface area contributed by atoms with Crippen LogP contribution < -0.4 is 10.1 Å². The number of hydrogen-bond donors (Lipinski definition) is 2. The van der Waals surface area contributed by atoms with Crippen LogP contribution in [0.15, 0.2) is 42.7 Å². The smallest absolute Gasteiger partial charge is 0.258 e. The van der Waals surface area contributed by atoms with Crippen molar-refractivity contribution in [1.29, 1.82) is 0 Å². The van der Waals surface area contributed by atoms with E-state index in [9.17, 15) is 14.7 Å². The summed E-state index contributed by atoms with van der Waals surface area (Å²) in [5, 5.41) is 13.0. The second-order valence-electron chi connectivity index (χ2n) is 10.7. The van der Waals surface area contributed by atoms with Crippen LogP contribution in [-0.4, -0.2) is 70.6 Å². The Labute approximate surface area is 220 Å². The number of pyridine rings is 1. The summed E-state index contributed by atoms with van der Waals surface area (Å²) in [5.74, 6) is 0.196. The van der Waals surface area contributed by atoms with Crippen molar-refractivity contribution >= 4 is 17.5 Å². The Morgan fingerprint density at radius 1 is 1.22 bits per heavy atom. The van der Waals surface area contributed by atoms with E-state index >= 15 is 0 Å². The molecule has 200 valence electrons. The number of amides is 2. The van der Waals surface area contributed by atoms with E-state index in [4.69, 9.17) is 4.74 Å². The predicted molar refractivity (Wildman–Crippen MR) is 143 cm³/mol. The third-order valence-corrected chi connectivity index (χ3v) is 7.62. The molecular weight excluding hydrogens is 468 g/mol. The minimum Gasteiger partial charge on any atom is -0.486 e. The number of aliphatic hydroxyl groups is 1. The van der Waals surface area contributed by atoms with E-state index in [1.807, 2.05) is 32.2 Å². The number of likely N-dealkylation sites (N-methyl/N-ethyl adjacent to an activating group) is 1. The van der Waals surface area contributed by atoms with Crippen LogP contribution in [0.25, 0.3) is 0 Å². The molecule has 2 amide bonds. The van der Waals surface area contributed by atoms with Gasteiger partial charge in [-0.25, -0.2) is 0 Å². The number of benzene rings is 1. The largest absolute Gasteiger partial charge is 0.486 e. The number of carbonyl (C=O) groups excluding carboxylic acids is 2. The lowest BCUT2D eigenvalue weighted by molar-refractivity contribution is -0.120. The van der Waals surface area contributed by atoms with Gasteiger partial charge in [-0.3, -0.25) is 19.5 Å². The Balaban J connectivity index is 1.63. The molecule has 0 unspecified atom stereocenters. The third-order valence-electron chi connectivity index (χ3n) is 7.62. The maximum absolute atomic E-state index is 13.7. The molecule has 2 aliphatic rings. The fourth-order valence-corrected chi connectivity index (χ4v) is 5.33. The molecule has 1 aliphatic carbocycles. The number of para-hydroxylation sites is 1. The summed E-state index contributed by atoms with van der Waals surface area (Å²) in [5.41, 5.74) is 2.10. The lowest BCUT2D eigenvalue weighted by Gasteiger charge is -2.38. The summed E-state index contributed by atoms with van der Waals surface area (Å²) in [7, 11) is 2.05. The molecule has 1 aromatic carbocycles. The van der Waals surface area contributed by atoms with E-state index in [2.05, 4.69) is 22.1 Å². The standard InChI is InChI=1S/C29H40N4O4/c1-20-16-33(21(2)19-34)29(36)24-10-7-11-25(31-28(35)23-8-5-4-6-9-23)27(24)37-26(20)18-32(3)17-22-12-14-30-15-13-22/h7,10-15,20-21,23,26,34H,4-6,8-9,16-19H2,1-3H3,(H,31,35)/t20-,21-,26+/m0/s1. The van der Waals surface area contributed by atoms with Crippen molar-refractivity contribution in [2.24, 2.45) is 11.8 Å². The molecule has 0 radical (unpaired) electrons. The van der Waals surface area contributed by atoms with Crippen LogP contribution in [-0.2, 0) is 11.3 Å². The summed E-state index contributed by atoms with van der Waals surface area (Å²) < 4.78 is 6.63. The van der Waals surface area contributed by atoms with Gasteiger partial charge in [0, 0.05) is 43.9 Å². The van der Waals surface area contributed by atoms with Crippen molar-refractivity contribution in [3.63, 3.8) is 0 Å². The molecule has 1 aliphatic heterocycles. The number of ether oxygens (including phenoxy) is 1. The van der Waals surface area contributed by atoms with E-state index in [-0.39, 0.29) is 42.4 Å². The molecule has 0 saturated heterocycles. The van der Waals surface area contributed by atoms with Crippen LogP contribution in [0.4, 0.5) is 5.69 Å². The number of nitrogens with zero attached hydrogens (tertiary/aromatic N) is 3. The van der Waals surface area contributed by atoms with Crippen LogP contribution in [0.2, 0.25) is 0 Å². The fourth-order valence-electron chi connectivity index (χ4n) is 5.33. The minimum atomic E-state index is -0.336. The first-order valence-corrected chi connectivity index (χ1v) is 13.5. The highest BCUT2D eigenvalue weighted by Crippen LogP contribution is 2.36. The number of anilines is 1. The lowest BCUT2D eigenvalue weighted by atomic mass is 9.88. The highest BCUT2D eigenvalue weighted by Gasteiger charge is 2.35. The van der Waals surface area contributed by atoms with Gasteiger partial charge in [0.25, 0.3) is 5.91 Å². The maximum atomic E-state index is 13.7. The van der Waals surface area contributed by atoms with Crippen LogP contribution in [0.1, 0.15) is 61.9 Å². The van der Waals surface area contributed by atoms with Crippen molar-refractivity contribution in [2.75, 3.05) is 32.1 Å². The molecule has 0 bridgehead atoms. The molecule has 1 aromatic heterocycles. The number of hydrogen-bond acceptors (Lipinski definition) is 6. The number of rotatable bonds is 8. The van der Waals surface area contributed by atoms with Crippen LogP contribution in [0.3, 0.4) is 0 Å². The van der Waals surface area contributed by atoms with E-state index in [0.29, 0.717) is 30.1 Å². The van der Waals surface area contributed by atoms with Gasteiger partial charge in [-0.2, -0.15) is 0 Å². The average Bonchev–Trinajstić information content (AvgIpc) is 2.91. The molecule has 37 heavy (non-hydrogen) atoms. The molecule has 8 nitrogen and oxygen atoms in total. The topological polar surface area (TPSA) is 95.0 Å². The van der Waals surface area contributed by atoms with Gasteiger partial charge in [0.1, 0.15) is 6.10 Å². The van der Waals surface area contributed by atoms with E-state index in [1.54, 1.807) is 29.4 Å². The van der Waals surface area contributed by atoms with E-state index in [0.717, 1.165) is 37.8 Å². The van der Waals surface area contributed by atoms with E-state index in [1.165, 1.54) is 6.42 Å². The summed E-state index contributed by atoms with van der Waals surface area (Å²) >= 11 is 0. The van der Waals surface area contributed by atoms with Crippen molar-refractivity contribution in [1.82, 2.24) is 14.8 Å². The Morgan fingerprint density at radius 3 is 2.65 bits per heavy atom. The van der Waals surface area contributed by atoms with Crippen LogP contribution in [0, 0.1) is 11.8 Å². The third kappa shape index (κ3) is 6.67. The van der Waals surface area contributed by atoms with Gasteiger partial charge in [-0.05, 0) is 56.6 Å². The SMILES string of the molecule is C[C@H]1CN([C@@H](C)CO)C(=O)c2cccc(NC(=O)C3CCCCC3)c2O[C@@H]1CN(C)Cc1ccncc1. The zero-order chi connectivity index (χ0) is 26.4. The van der Waals surface area contributed by atoms with Gasteiger partial charge in [0.05, 0.1) is 23.9 Å². The molecular formula is C29H40N4O4. The Kier molecular flexibility index (Phi) is 9.16. The molecule has 0 spiro atoms. The Morgan fingerprint density at radius 2 is 1.95 bits per heavy atom.